The monoisotopic (exact) mass is 281 g/mol. The average Bonchev–Trinajstić information content (AvgIpc) is 2.38. The van der Waals surface area contributed by atoms with Gasteiger partial charge in [-0.05, 0) is 30.3 Å². The van der Waals surface area contributed by atoms with Crippen molar-refractivity contribution in [2.45, 2.75) is 0 Å². The average molecular weight is 282 g/mol. The Bertz CT molecular complexity index is 558. The third-order valence-electron chi connectivity index (χ3n) is 2.18. The minimum Gasteiger partial charge on any atom is -0.378 e. The van der Waals surface area contributed by atoms with E-state index in [4.69, 9.17) is 28.0 Å². The highest BCUT2D eigenvalue weighted by molar-refractivity contribution is 6.35. The maximum Gasteiger partial charge on any atom is 0.283 e. The van der Waals surface area contributed by atoms with Crippen molar-refractivity contribution < 1.29 is 9.63 Å². The number of hydrogen-bond donors (Lipinski definition) is 1. The molecule has 18 heavy (non-hydrogen) atoms. The van der Waals surface area contributed by atoms with Gasteiger partial charge in [-0.2, -0.15) is 5.48 Å². The maximum absolute atomic E-state index is 11.7. The van der Waals surface area contributed by atoms with Crippen molar-refractivity contribution in [1.29, 1.82) is 0 Å². The highest BCUT2D eigenvalue weighted by Gasteiger charge is 2.07. The summed E-state index contributed by atoms with van der Waals surface area (Å²) in [7, 11) is 0. The summed E-state index contributed by atoms with van der Waals surface area (Å²) in [5, 5.41) is 0.831. The zero-order valence-electron chi connectivity index (χ0n) is 9.19. The number of rotatable bonds is 3. The van der Waals surface area contributed by atoms with Gasteiger partial charge in [0.1, 0.15) is 0 Å². The summed E-state index contributed by atoms with van der Waals surface area (Å²) < 4.78 is 0. The maximum atomic E-state index is 11.7. The molecule has 0 aliphatic carbocycles. The number of carbonyl (C=O) groups is 1. The van der Waals surface area contributed by atoms with Gasteiger partial charge in [0.15, 0.2) is 5.75 Å². The molecule has 0 saturated carbocycles. The van der Waals surface area contributed by atoms with Crippen molar-refractivity contribution in [1.82, 2.24) is 5.48 Å². The van der Waals surface area contributed by atoms with E-state index in [0.29, 0.717) is 21.4 Å². The highest BCUT2D eigenvalue weighted by atomic mass is 35.5. The Kier molecular flexibility index (Phi) is 4.07. The van der Waals surface area contributed by atoms with E-state index in [0.717, 1.165) is 0 Å². The van der Waals surface area contributed by atoms with Gasteiger partial charge >= 0.3 is 0 Å². The number of carbonyl (C=O) groups excluding carboxylic acids is 1. The Morgan fingerprint density at radius 3 is 2.44 bits per heavy atom. The number of amides is 1. The van der Waals surface area contributed by atoms with Crippen molar-refractivity contribution in [2.75, 3.05) is 0 Å². The molecule has 0 radical (unpaired) electrons. The van der Waals surface area contributed by atoms with E-state index in [9.17, 15) is 4.79 Å². The Labute approximate surface area is 114 Å². The molecule has 2 aromatic carbocycles. The zero-order chi connectivity index (χ0) is 13.0. The molecule has 0 spiro atoms. The smallest absolute Gasteiger partial charge is 0.283 e. The minimum absolute atomic E-state index is 0.330. The summed E-state index contributed by atoms with van der Waals surface area (Å²) in [5.74, 6) is -0.00744. The number of hydrogen-bond acceptors (Lipinski definition) is 2. The molecule has 92 valence electrons. The third kappa shape index (κ3) is 3.15. The fraction of sp³-hybridized carbons (Fsp3) is 0. The molecule has 0 atom stereocenters. The molecule has 0 aliphatic heterocycles. The van der Waals surface area contributed by atoms with Gasteiger partial charge in [0, 0.05) is 10.6 Å². The van der Waals surface area contributed by atoms with Crippen molar-refractivity contribution >= 4 is 29.1 Å². The molecule has 2 aromatic rings. The number of nitrogens with one attached hydrogen (secondary N) is 1. The van der Waals surface area contributed by atoms with Gasteiger partial charge < -0.3 is 4.84 Å². The molecule has 2 rings (SSSR count). The van der Waals surface area contributed by atoms with Crippen LogP contribution in [0, 0.1) is 0 Å². The third-order valence-corrected chi connectivity index (χ3v) is 2.71. The quantitative estimate of drug-likeness (QED) is 0.871. The van der Waals surface area contributed by atoms with Gasteiger partial charge in [0.2, 0.25) is 0 Å². The van der Waals surface area contributed by atoms with Crippen LogP contribution in [-0.4, -0.2) is 5.91 Å². The molecule has 1 amide bonds. The summed E-state index contributed by atoms with van der Waals surface area (Å²) in [4.78, 5) is 16.8. The molecule has 3 nitrogen and oxygen atoms in total. The van der Waals surface area contributed by atoms with Gasteiger partial charge in [-0.1, -0.05) is 41.4 Å². The molecule has 0 aromatic heterocycles. The van der Waals surface area contributed by atoms with Crippen LogP contribution in [-0.2, 0) is 0 Å². The lowest BCUT2D eigenvalue weighted by Crippen LogP contribution is -2.26. The fourth-order valence-corrected chi connectivity index (χ4v) is 1.75. The van der Waals surface area contributed by atoms with E-state index < -0.39 is 0 Å². The van der Waals surface area contributed by atoms with E-state index in [1.165, 1.54) is 6.07 Å². The first-order valence-electron chi connectivity index (χ1n) is 5.14. The van der Waals surface area contributed by atoms with Crippen molar-refractivity contribution in [3.63, 3.8) is 0 Å². The SMILES string of the molecule is O=C(NOc1ccc(Cl)cc1Cl)c1ccccc1. The standard InChI is InChI=1S/C13H9Cl2NO2/c14-10-6-7-12(11(15)8-10)18-16-13(17)9-4-2-1-3-5-9/h1-8H,(H,16,17). The Morgan fingerprint density at radius 2 is 1.78 bits per heavy atom. The van der Waals surface area contributed by atoms with Crippen LogP contribution in [0.25, 0.3) is 0 Å². The zero-order valence-corrected chi connectivity index (χ0v) is 10.7. The van der Waals surface area contributed by atoms with Crippen LogP contribution in [0.15, 0.2) is 48.5 Å². The second-order valence-electron chi connectivity index (χ2n) is 3.47. The van der Waals surface area contributed by atoms with Crippen molar-refractivity contribution in [2.24, 2.45) is 0 Å². The molecule has 1 N–H and O–H groups in total. The second kappa shape index (κ2) is 5.76. The molecule has 0 aliphatic rings. The number of hydroxylamine groups is 1. The summed E-state index contributed by atoms with van der Waals surface area (Å²) in [5.41, 5.74) is 2.81. The lowest BCUT2D eigenvalue weighted by Gasteiger charge is -2.08. The Morgan fingerprint density at radius 1 is 1.06 bits per heavy atom. The second-order valence-corrected chi connectivity index (χ2v) is 4.32. The summed E-state index contributed by atoms with van der Waals surface area (Å²) >= 11 is 11.6. The Hall–Kier alpha value is -1.71. The molecule has 0 unspecified atom stereocenters. The first-order valence-corrected chi connectivity index (χ1v) is 5.89. The lowest BCUT2D eigenvalue weighted by molar-refractivity contribution is 0.0760. The summed E-state index contributed by atoms with van der Waals surface area (Å²) in [6.45, 7) is 0. The van der Waals surface area contributed by atoms with E-state index in [1.807, 2.05) is 6.07 Å². The van der Waals surface area contributed by atoms with Crippen molar-refractivity contribution in [3.05, 3.63) is 64.1 Å². The first-order chi connectivity index (χ1) is 8.66. The van der Waals surface area contributed by atoms with Crippen LogP contribution in [0.2, 0.25) is 10.0 Å². The molecule has 0 bridgehead atoms. The first kappa shape index (κ1) is 12.7. The van der Waals surface area contributed by atoms with Crippen LogP contribution < -0.4 is 10.3 Å². The molecule has 0 heterocycles. The molecule has 0 saturated heterocycles. The highest BCUT2D eigenvalue weighted by Crippen LogP contribution is 2.26. The van der Waals surface area contributed by atoms with Gasteiger partial charge in [0.05, 0.1) is 5.02 Å². The number of halogens is 2. The topological polar surface area (TPSA) is 38.3 Å². The molecular weight excluding hydrogens is 273 g/mol. The predicted octanol–water partition coefficient (Wildman–Crippen LogP) is 3.72. The molecule has 5 heteroatoms. The Balaban J connectivity index is 2.02. The fourth-order valence-electron chi connectivity index (χ4n) is 1.31. The lowest BCUT2D eigenvalue weighted by atomic mass is 10.2. The van der Waals surface area contributed by atoms with Crippen LogP contribution >= 0.6 is 23.2 Å². The number of benzene rings is 2. The van der Waals surface area contributed by atoms with Gasteiger partial charge in [-0.15, -0.1) is 0 Å². The van der Waals surface area contributed by atoms with Crippen LogP contribution in [0.3, 0.4) is 0 Å². The van der Waals surface area contributed by atoms with Gasteiger partial charge in [-0.25, -0.2) is 0 Å². The van der Waals surface area contributed by atoms with Crippen LogP contribution in [0.1, 0.15) is 10.4 Å². The van der Waals surface area contributed by atoms with Crippen LogP contribution in [0.4, 0.5) is 0 Å². The van der Waals surface area contributed by atoms with Crippen LogP contribution in [0.5, 0.6) is 5.75 Å². The minimum atomic E-state index is -0.346. The van der Waals surface area contributed by atoms with Gasteiger partial charge in [0.25, 0.3) is 5.91 Å². The van der Waals surface area contributed by atoms with Crippen molar-refractivity contribution in [3.8, 4) is 5.75 Å². The van der Waals surface area contributed by atoms with E-state index in [2.05, 4.69) is 5.48 Å². The van der Waals surface area contributed by atoms with E-state index >= 15 is 0 Å². The summed E-state index contributed by atoms with van der Waals surface area (Å²) in [6.07, 6.45) is 0. The molecular formula is C13H9Cl2NO2. The van der Waals surface area contributed by atoms with Gasteiger partial charge in [-0.3, -0.25) is 4.79 Å². The molecule has 0 fully saturated rings. The van der Waals surface area contributed by atoms with E-state index in [-0.39, 0.29) is 5.91 Å². The largest absolute Gasteiger partial charge is 0.378 e. The summed E-state index contributed by atoms with van der Waals surface area (Å²) in [6, 6.07) is 13.5. The predicted molar refractivity (Wildman–Crippen MR) is 71.0 cm³/mol. The normalized spacial score (nSPS) is 9.89. The van der Waals surface area contributed by atoms with E-state index in [1.54, 1.807) is 36.4 Å².